The molecule has 3 atom stereocenters. The second kappa shape index (κ2) is 14.3. The molecule has 0 bridgehead atoms. The minimum atomic E-state index is -0.157. The Morgan fingerprint density at radius 1 is 1.15 bits per heavy atom. The third-order valence-electron chi connectivity index (χ3n) is 8.84. The molecule has 0 aromatic heterocycles. The van der Waals surface area contributed by atoms with Gasteiger partial charge in [0.1, 0.15) is 11.5 Å². The molecule has 8 heteroatoms. The molecular weight excluding hydrogens is 508 g/mol. The summed E-state index contributed by atoms with van der Waals surface area (Å²) < 4.78 is 22.8. The fourth-order valence-corrected chi connectivity index (χ4v) is 6.46. The number of benzene rings is 1. The van der Waals surface area contributed by atoms with E-state index < -0.39 is 0 Å². The van der Waals surface area contributed by atoms with E-state index in [4.69, 9.17) is 18.9 Å². The summed E-state index contributed by atoms with van der Waals surface area (Å²) >= 11 is 0. The average Bonchev–Trinajstić information content (AvgIpc) is 3.60. The van der Waals surface area contributed by atoms with Gasteiger partial charge >= 0.3 is 0 Å². The predicted molar refractivity (Wildman–Crippen MR) is 154 cm³/mol. The summed E-state index contributed by atoms with van der Waals surface area (Å²) in [5, 5.41) is 9.40. The lowest BCUT2D eigenvalue weighted by Gasteiger charge is -2.36. The second-order valence-corrected chi connectivity index (χ2v) is 11.6. The normalized spacial score (nSPS) is 24.3. The van der Waals surface area contributed by atoms with Gasteiger partial charge in [-0.25, -0.2) is 0 Å². The number of hydrogen-bond donors (Lipinski definition) is 1. The van der Waals surface area contributed by atoms with Crippen molar-refractivity contribution in [1.29, 1.82) is 0 Å². The molecule has 1 N–H and O–H groups in total. The molecule has 2 heterocycles. The highest BCUT2D eigenvalue weighted by atomic mass is 16.7. The van der Waals surface area contributed by atoms with Crippen molar-refractivity contribution < 1.29 is 28.8 Å². The van der Waals surface area contributed by atoms with Crippen molar-refractivity contribution in [2.24, 2.45) is 11.3 Å². The summed E-state index contributed by atoms with van der Waals surface area (Å²) in [4.78, 5) is 17.9. The molecule has 222 valence electrons. The van der Waals surface area contributed by atoms with Gasteiger partial charge < -0.3 is 29.0 Å². The van der Waals surface area contributed by atoms with E-state index in [9.17, 15) is 9.90 Å². The molecule has 0 radical (unpaired) electrons. The fraction of sp³-hybridized carbons (Fsp3) is 0.656. The van der Waals surface area contributed by atoms with E-state index in [2.05, 4.69) is 37.0 Å². The van der Waals surface area contributed by atoms with E-state index in [1.165, 1.54) is 5.56 Å². The number of carbonyl (C=O) groups is 1. The van der Waals surface area contributed by atoms with Crippen LogP contribution in [0.5, 0.6) is 5.75 Å². The number of methoxy groups -OCH3 is 2. The lowest BCUT2D eigenvalue weighted by molar-refractivity contribution is -0.133. The van der Waals surface area contributed by atoms with Gasteiger partial charge in [0.15, 0.2) is 5.76 Å². The van der Waals surface area contributed by atoms with Crippen LogP contribution < -0.4 is 4.74 Å². The molecular formula is C32H48N2O6. The van der Waals surface area contributed by atoms with Crippen LogP contribution in [0.15, 0.2) is 47.6 Å². The standard InChI is InChI=1S/C32H48N2O6/c1-5-6-15-33(16-10-17-35)30(36)22-34-21-25(32(2)19-28(38-4)31-29(20-32)39-23-40-31)18-26(34)13-9-12-24-11-7-8-14-27(24)37-3/h7-8,11,14,20,25-26,35H,5-6,9-10,12-13,15-19,21-23H2,1-4H3/t25-,26+,32?/m1/s1. The maximum atomic E-state index is 13.6. The molecule has 4 rings (SSSR count). The monoisotopic (exact) mass is 556 g/mol. The lowest BCUT2D eigenvalue weighted by Crippen LogP contribution is -2.43. The molecule has 2 saturated heterocycles. The van der Waals surface area contributed by atoms with Crippen LogP contribution >= 0.6 is 0 Å². The van der Waals surface area contributed by atoms with Crippen LogP contribution in [0.1, 0.15) is 64.4 Å². The van der Waals surface area contributed by atoms with Crippen molar-refractivity contribution in [1.82, 2.24) is 9.80 Å². The number of unbranched alkanes of at least 4 members (excludes halogenated alkanes) is 1. The molecule has 0 spiro atoms. The molecule has 1 aliphatic carbocycles. The number of aliphatic hydroxyl groups excluding tert-OH is 1. The zero-order valence-corrected chi connectivity index (χ0v) is 24.8. The van der Waals surface area contributed by atoms with E-state index >= 15 is 0 Å². The number of allylic oxidation sites excluding steroid dienone is 2. The molecule has 0 saturated carbocycles. The highest BCUT2D eigenvalue weighted by Gasteiger charge is 2.46. The molecule has 3 aliphatic rings. The number of para-hydroxylation sites is 1. The van der Waals surface area contributed by atoms with Crippen molar-refractivity contribution >= 4 is 5.91 Å². The number of aliphatic hydroxyl groups is 1. The third-order valence-corrected chi connectivity index (χ3v) is 8.84. The van der Waals surface area contributed by atoms with Gasteiger partial charge in [-0.15, -0.1) is 0 Å². The first-order valence-corrected chi connectivity index (χ1v) is 14.9. The van der Waals surface area contributed by atoms with Crippen molar-refractivity contribution in [2.45, 2.75) is 71.3 Å². The lowest BCUT2D eigenvalue weighted by atomic mass is 9.70. The molecule has 1 unspecified atom stereocenters. The Labute approximate surface area is 239 Å². The zero-order chi connectivity index (χ0) is 28.5. The van der Waals surface area contributed by atoms with Gasteiger partial charge in [-0.05, 0) is 62.1 Å². The van der Waals surface area contributed by atoms with Gasteiger partial charge in [0.2, 0.25) is 18.5 Å². The smallest absolute Gasteiger partial charge is 0.236 e. The Morgan fingerprint density at radius 3 is 2.70 bits per heavy atom. The average molecular weight is 557 g/mol. The number of likely N-dealkylation sites (tertiary alicyclic amines) is 1. The number of hydrogen-bond acceptors (Lipinski definition) is 7. The number of carbonyl (C=O) groups excluding carboxylic acids is 1. The van der Waals surface area contributed by atoms with Crippen molar-refractivity contribution in [3.05, 3.63) is 53.2 Å². The van der Waals surface area contributed by atoms with Crippen LogP contribution in [0.3, 0.4) is 0 Å². The number of fused-ring (bicyclic) bond motifs is 1. The van der Waals surface area contributed by atoms with Crippen LogP contribution in [0.2, 0.25) is 0 Å². The quantitative estimate of drug-likeness (QED) is 0.330. The number of amides is 1. The van der Waals surface area contributed by atoms with Crippen molar-refractivity contribution in [3.8, 4) is 5.75 Å². The highest BCUT2D eigenvalue weighted by molar-refractivity contribution is 5.78. The Kier molecular flexibility index (Phi) is 10.8. The van der Waals surface area contributed by atoms with Crippen LogP contribution in [0, 0.1) is 11.3 Å². The largest absolute Gasteiger partial charge is 0.497 e. The zero-order valence-electron chi connectivity index (χ0n) is 24.8. The van der Waals surface area contributed by atoms with E-state index in [1.54, 1.807) is 14.2 Å². The molecule has 1 aromatic carbocycles. The minimum Gasteiger partial charge on any atom is -0.497 e. The number of ether oxygens (including phenoxy) is 4. The van der Waals surface area contributed by atoms with Gasteiger partial charge in [0, 0.05) is 44.1 Å². The van der Waals surface area contributed by atoms with Crippen molar-refractivity contribution in [2.75, 3.05) is 53.8 Å². The number of aryl methyl sites for hydroxylation is 1. The highest BCUT2D eigenvalue weighted by Crippen LogP contribution is 2.49. The van der Waals surface area contributed by atoms with Gasteiger partial charge in [0.05, 0.1) is 20.8 Å². The van der Waals surface area contributed by atoms with Gasteiger partial charge in [0.25, 0.3) is 0 Å². The summed E-state index contributed by atoms with van der Waals surface area (Å²) in [6.45, 7) is 7.37. The maximum Gasteiger partial charge on any atom is 0.236 e. The molecule has 8 nitrogen and oxygen atoms in total. The van der Waals surface area contributed by atoms with E-state index in [-0.39, 0.29) is 24.7 Å². The van der Waals surface area contributed by atoms with Crippen LogP contribution in [-0.2, 0) is 25.4 Å². The summed E-state index contributed by atoms with van der Waals surface area (Å²) in [5.41, 5.74) is 1.07. The SMILES string of the molecule is CCCCN(CCCO)C(=O)CN1C[C@H](C2(C)C=C3OCOC3=C(OC)C2)C[C@@H]1CCCc1ccccc1OC. The van der Waals surface area contributed by atoms with Crippen LogP contribution in [0.25, 0.3) is 0 Å². The number of nitrogens with zero attached hydrogens (tertiary/aromatic N) is 2. The molecule has 2 aliphatic heterocycles. The molecule has 40 heavy (non-hydrogen) atoms. The van der Waals surface area contributed by atoms with Crippen molar-refractivity contribution in [3.63, 3.8) is 0 Å². The van der Waals surface area contributed by atoms with Gasteiger partial charge in [-0.1, -0.05) is 38.5 Å². The fourth-order valence-electron chi connectivity index (χ4n) is 6.46. The van der Waals surface area contributed by atoms with Crippen LogP contribution in [0.4, 0.5) is 0 Å². The molecule has 2 fully saturated rings. The third kappa shape index (κ3) is 7.13. The Bertz CT molecular complexity index is 1050. The topological polar surface area (TPSA) is 80.7 Å². The first-order chi connectivity index (χ1) is 19.4. The van der Waals surface area contributed by atoms with Gasteiger partial charge in [-0.2, -0.15) is 0 Å². The van der Waals surface area contributed by atoms with Crippen LogP contribution in [-0.4, -0.2) is 80.7 Å². The van der Waals surface area contributed by atoms with E-state index in [0.717, 1.165) is 81.1 Å². The molecule has 1 aromatic rings. The number of rotatable bonds is 15. The predicted octanol–water partition coefficient (Wildman–Crippen LogP) is 4.88. The summed E-state index contributed by atoms with van der Waals surface area (Å²) in [7, 11) is 3.42. The summed E-state index contributed by atoms with van der Waals surface area (Å²) in [5.74, 6) is 3.80. The minimum absolute atomic E-state index is 0.101. The van der Waals surface area contributed by atoms with E-state index in [0.29, 0.717) is 31.5 Å². The Morgan fingerprint density at radius 2 is 1.95 bits per heavy atom. The maximum absolute atomic E-state index is 13.6. The van der Waals surface area contributed by atoms with Gasteiger partial charge in [-0.3, -0.25) is 9.69 Å². The first-order valence-electron chi connectivity index (χ1n) is 14.9. The first kappa shape index (κ1) is 30.3. The van der Waals surface area contributed by atoms with E-state index in [1.807, 2.05) is 17.0 Å². The summed E-state index contributed by atoms with van der Waals surface area (Å²) in [6.07, 6.45) is 9.60. The Hall–Kier alpha value is -2.71. The summed E-state index contributed by atoms with van der Waals surface area (Å²) in [6, 6.07) is 8.53. The molecule has 1 amide bonds. The second-order valence-electron chi connectivity index (χ2n) is 11.6. The Balaban J connectivity index is 1.49.